The van der Waals surface area contributed by atoms with E-state index < -0.39 is 8.43 Å². The van der Waals surface area contributed by atoms with Gasteiger partial charge in [0.1, 0.15) is 0 Å². The number of alkyl halides is 2. The Labute approximate surface area is 179 Å². The third-order valence-corrected chi connectivity index (χ3v) is 11.5. The Morgan fingerprint density at radius 1 is 1.15 bits per heavy atom. The highest BCUT2D eigenvalue weighted by molar-refractivity contribution is 14.1. The van der Waals surface area contributed by atoms with Crippen LogP contribution >= 0.6 is 38.5 Å². The molecule has 2 N–H and O–H groups in total. The molecule has 5 heteroatoms. The summed E-state index contributed by atoms with van der Waals surface area (Å²) in [5.41, 5.74) is 0.000936. The molecule has 2 unspecified atom stereocenters. The number of aliphatic hydroxyl groups is 2. The summed E-state index contributed by atoms with van der Waals surface area (Å²) in [6.45, 7) is 4.65. The lowest BCUT2D eigenvalue weighted by Crippen LogP contribution is -2.61. The molecule has 0 aromatic carbocycles. The van der Waals surface area contributed by atoms with Crippen LogP contribution in [0.2, 0.25) is 0 Å². The number of Topliss-reactive ketones (excluding diaryl/α,β-unsaturated/α-hetero) is 1. The molecule has 0 aromatic heterocycles. The predicted molar refractivity (Wildman–Crippen MR) is 114 cm³/mol. The van der Waals surface area contributed by atoms with Crippen molar-refractivity contribution in [2.24, 2.45) is 34.5 Å². The Hall–Kier alpha value is 0.800. The van der Waals surface area contributed by atoms with Gasteiger partial charge in [-0.1, -0.05) is 42.6 Å². The van der Waals surface area contributed by atoms with Gasteiger partial charge in [-0.05, 0) is 102 Å². The summed E-state index contributed by atoms with van der Waals surface area (Å²) in [6, 6.07) is 0. The Morgan fingerprint density at radius 2 is 1.88 bits per heavy atom. The molecule has 4 fully saturated rings. The number of carbonyl (C=O) groups excluding carboxylic acids is 1. The zero-order valence-electron chi connectivity index (χ0n) is 15.9. The van der Waals surface area contributed by atoms with E-state index >= 15 is 0 Å². The van der Waals surface area contributed by atoms with Crippen LogP contribution in [0.3, 0.4) is 0 Å². The van der Waals surface area contributed by atoms with Crippen LogP contribution in [0, 0.1) is 34.5 Å². The third-order valence-electron chi connectivity index (χ3n) is 9.22. The molecular formula is C21H32BrIO3. The molecule has 4 aliphatic carbocycles. The summed E-state index contributed by atoms with van der Waals surface area (Å²) >= 11 is 5.63. The number of hydrogen-bond donors (Lipinski definition) is 2. The smallest absolute Gasteiger partial charge is 0.188 e. The first-order valence-corrected chi connectivity index (χ1v) is 12.4. The van der Waals surface area contributed by atoms with E-state index in [1.54, 1.807) is 0 Å². The number of carbonyl (C=O) groups is 1. The molecule has 0 saturated heterocycles. The van der Waals surface area contributed by atoms with Crippen molar-refractivity contribution >= 4 is 44.3 Å². The molecule has 4 aliphatic rings. The van der Waals surface area contributed by atoms with Crippen molar-refractivity contribution in [3.05, 3.63) is 0 Å². The van der Waals surface area contributed by atoms with Crippen molar-refractivity contribution in [1.82, 2.24) is 0 Å². The predicted octanol–water partition coefficient (Wildman–Crippen LogP) is 4.85. The summed E-state index contributed by atoms with van der Waals surface area (Å²) in [7, 11) is 0. The first-order chi connectivity index (χ1) is 12.1. The van der Waals surface area contributed by atoms with Crippen molar-refractivity contribution in [2.75, 3.05) is 0 Å². The second kappa shape index (κ2) is 6.66. The van der Waals surface area contributed by atoms with Crippen LogP contribution in [0.15, 0.2) is 0 Å². The van der Waals surface area contributed by atoms with E-state index in [0.717, 1.165) is 18.8 Å². The fourth-order valence-corrected chi connectivity index (χ4v) is 9.85. The molecule has 0 spiro atoms. The summed E-state index contributed by atoms with van der Waals surface area (Å²) in [6.07, 6.45) is 9.88. The van der Waals surface area contributed by atoms with Crippen LogP contribution in [-0.2, 0) is 4.79 Å². The maximum atomic E-state index is 12.9. The van der Waals surface area contributed by atoms with Crippen LogP contribution < -0.4 is 0 Å². The van der Waals surface area contributed by atoms with E-state index in [2.05, 4.69) is 29.8 Å². The van der Waals surface area contributed by atoms with Crippen molar-refractivity contribution in [3.8, 4) is 0 Å². The van der Waals surface area contributed by atoms with Gasteiger partial charge in [0.15, 0.2) is 9.89 Å². The number of rotatable bonds is 2. The second-order valence-corrected chi connectivity index (χ2v) is 12.6. The molecule has 3 nitrogen and oxygen atoms in total. The zero-order valence-corrected chi connectivity index (χ0v) is 19.6. The van der Waals surface area contributed by atoms with Gasteiger partial charge >= 0.3 is 0 Å². The third kappa shape index (κ3) is 2.58. The second-order valence-electron chi connectivity index (χ2n) is 10.1. The van der Waals surface area contributed by atoms with E-state index in [1.807, 2.05) is 22.6 Å². The normalized spacial score (nSPS) is 54.8. The largest absolute Gasteiger partial charge is 0.393 e. The Kier molecular flexibility index (Phi) is 5.15. The standard InChI is InChI=1S/C21H32BrIO3/c1-19-9-4-3-5-12(19)6-7-13-14-8-10-21(22,17(25)18(23)26)20(14,2)11-15(24)16(13)19/h12-16,18,24,26H,3-11H2,1-2H3/t12?,13-,14-,15-,16+,18?,19-,20-,21-/m0/s1. The summed E-state index contributed by atoms with van der Waals surface area (Å²) in [5, 5.41) is 21.4. The Morgan fingerprint density at radius 3 is 2.58 bits per heavy atom. The maximum Gasteiger partial charge on any atom is 0.188 e. The summed E-state index contributed by atoms with van der Waals surface area (Å²) < 4.78 is -1.68. The molecule has 0 heterocycles. The molecule has 4 saturated carbocycles. The Balaban J connectivity index is 1.70. The minimum absolute atomic E-state index is 0.105. The van der Waals surface area contributed by atoms with Gasteiger partial charge in [0.25, 0.3) is 0 Å². The van der Waals surface area contributed by atoms with Crippen LogP contribution in [0.4, 0.5) is 0 Å². The lowest BCUT2D eigenvalue weighted by atomic mass is 9.44. The molecular weight excluding hydrogens is 507 g/mol. The van der Waals surface area contributed by atoms with Gasteiger partial charge in [0.2, 0.25) is 0 Å². The van der Waals surface area contributed by atoms with E-state index in [-0.39, 0.29) is 22.7 Å². The molecule has 0 bridgehead atoms. The summed E-state index contributed by atoms with van der Waals surface area (Å²) in [5.74, 6) is 2.03. The van der Waals surface area contributed by atoms with Crippen molar-refractivity contribution < 1.29 is 15.0 Å². The lowest BCUT2D eigenvalue weighted by Gasteiger charge is -2.62. The highest BCUT2D eigenvalue weighted by Crippen LogP contribution is 2.70. The number of aliphatic hydroxyl groups excluding tert-OH is 2. The van der Waals surface area contributed by atoms with E-state index in [9.17, 15) is 15.0 Å². The molecule has 0 aliphatic heterocycles. The van der Waals surface area contributed by atoms with Crippen molar-refractivity contribution in [2.45, 2.75) is 86.2 Å². The number of hydrogen-bond acceptors (Lipinski definition) is 3. The lowest BCUT2D eigenvalue weighted by molar-refractivity contribution is -0.168. The molecule has 26 heavy (non-hydrogen) atoms. The molecule has 0 radical (unpaired) electrons. The number of ketones is 1. The first-order valence-electron chi connectivity index (χ1n) is 10.4. The van der Waals surface area contributed by atoms with Gasteiger partial charge in [-0.2, -0.15) is 0 Å². The Bertz CT molecular complexity index is 598. The van der Waals surface area contributed by atoms with Crippen molar-refractivity contribution in [3.63, 3.8) is 0 Å². The SMILES string of the molecule is C[C@]12CCCCC1CC[C@@H]1[C@@H]2[C@@H](O)C[C@@]2(C)[C@H]1CC[C@]2(Br)C(=O)C(O)I. The fourth-order valence-electron chi connectivity index (χ4n) is 7.99. The average Bonchev–Trinajstić information content (AvgIpc) is 2.85. The number of halogens is 2. The van der Waals surface area contributed by atoms with Crippen LogP contribution in [-0.4, -0.2) is 30.5 Å². The topological polar surface area (TPSA) is 57.5 Å². The fraction of sp³-hybridized carbons (Fsp3) is 0.952. The molecule has 0 amide bonds. The average molecular weight is 539 g/mol. The molecule has 9 atom stereocenters. The van der Waals surface area contributed by atoms with E-state index in [1.165, 1.54) is 38.5 Å². The van der Waals surface area contributed by atoms with Crippen molar-refractivity contribution in [1.29, 1.82) is 0 Å². The van der Waals surface area contributed by atoms with E-state index in [0.29, 0.717) is 24.2 Å². The molecule has 148 valence electrons. The van der Waals surface area contributed by atoms with Crippen LogP contribution in [0.25, 0.3) is 0 Å². The maximum absolute atomic E-state index is 12.9. The molecule has 4 rings (SSSR count). The monoisotopic (exact) mass is 538 g/mol. The zero-order chi connectivity index (χ0) is 18.9. The van der Waals surface area contributed by atoms with Gasteiger partial charge in [0, 0.05) is 0 Å². The first kappa shape index (κ1) is 20.1. The van der Waals surface area contributed by atoms with E-state index in [4.69, 9.17) is 0 Å². The van der Waals surface area contributed by atoms with Gasteiger partial charge in [0.05, 0.1) is 10.4 Å². The highest BCUT2D eigenvalue weighted by Gasteiger charge is 2.68. The van der Waals surface area contributed by atoms with Gasteiger partial charge in [-0.3, -0.25) is 4.79 Å². The summed E-state index contributed by atoms with van der Waals surface area (Å²) in [4.78, 5) is 12.9. The van der Waals surface area contributed by atoms with Gasteiger partial charge in [-0.25, -0.2) is 0 Å². The molecule has 0 aromatic rings. The quantitative estimate of drug-likeness (QED) is 0.390. The van der Waals surface area contributed by atoms with Gasteiger partial charge in [-0.15, -0.1) is 0 Å². The minimum Gasteiger partial charge on any atom is -0.393 e. The van der Waals surface area contributed by atoms with Gasteiger partial charge < -0.3 is 10.2 Å². The number of fused-ring (bicyclic) bond motifs is 5. The highest BCUT2D eigenvalue weighted by atomic mass is 127. The van der Waals surface area contributed by atoms with Crippen LogP contribution in [0.5, 0.6) is 0 Å². The van der Waals surface area contributed by atoms with Crippen LogP contribution in [0.1, 0.15) is 71.6 Å². The minimum atomic E-state index is -0.982.